The van der Waals surface area contributed by atoms with Gasteiger partial charge in [-0.25, -0.2) is 4.79 Å². The Bertz CT molecular complexity index is 1130. The van der Waals surface area contributed by atoms with E-state index in [2.05, 4.69) is 24.1 Å². The normalized spacial score (nSPS) is 39.0. The highest BCUT2D eigenvalue weighted by Gasteiger charge is 2.76. The number of rotatable bonds is 3. The largest absolute Gasteiger partial charge is 0.493 e. The van der Waals surface area contributed by atoms with Crippen molar-refractivity contribution in [3.63, 3.8) is 0 Å². The van der Waals surface area contributed by atoms with Crippen LogP contribution in [0, 0.1) is 10.8 Å². The molecule has 2 aliphatic carbocycles. The standard InChI is InChI=1S/C27H33NO6/c1-24(2)25(3)10-11-27(24,34-22(25)29)23(30)32-17-8-9-26-12-13-28(4)15-16-6-7-18(31-5)21(20(16)26)33-19(26)14-17/h6-9,17,19H,10-15H2,1-5H3/t17-,19+,25?,26+,27?/m0/s1. The van der Waals surface area contributed by atoms with Gasteiger partial charge in [-0.1, -0.05) is 26.0 Å². The highest BCUT2D eigenvalue weighted by Crippen LogP contribution is 2.66. The van der Waals surface area contributed by atoms with Crippen molar-refractivity contribution in [1.29, 1.82) is 0 Å². The van der Waals surface area contributed by atoms with Crippen LogP contribution in [-0.4, -0.2) is 55.3 Å². The molecule has 1 saturated carbocycles. The lowest BCUT2D eigenvalue weighted by atomic mass is 9.66. The van der Waals surface area contributed by atoms with Crippen LogP contribution >= 0.6 is 0 Å². The number of methoxy groups -OCH3 is 1. The molecule has 2 bridgehead atoms. The van der Waals surface area contributed by atoms with E-state index in [9.17, 15) is 9.59 Å². The zero-order valence-electron chi connectivity index (χ0n) is 20.6. The van der Waals surface area contributed by atoms with Gasteiger partial charge in [-0.3, -0.25) is 4.79 Å². The molecule has 1 aromatic carbocycles. The summed E-state index contributed by atoms with van der Waals surface area (Å²) in [5, 5.41) is 0. The number of fused-ring (bicyclic) bond motifs is 2. The first kappa shape index (κ1) is 22.0. The van der Waals surface area contributed by atoms with Crippen molar-refractivity contribution in [2.75, 3.05) is 20.7 Å². The van der Waals surface area contributed by atoms with Crippen molar-refractivity contribution in [3.05, 3.63) is 35.4 Å². The van der Waals surface area contributed by atoms with Crippen LogP contribution in [0.3, 0.4) is 0 Å². The molecule has 6 rings (SSSR count). The highest BCUT2D eigenvalue weighted by atomic mass is 16.6. The van der Waals surface area contributed by atoms with Gasteiger partial charge in [0.1, 0.15) is 12.2 Å². The maximum atomic E-state index is 13.5. The van der Waals surface area contributed by atoms with Gasteiger partial charge in [0.15, 0.2) is 11.5 Å². The molecule has 5 aliphatic rings. The molecule has 0 amide bonds. The van der Waals surface area contributed by atoms with Crippen LogP contribution in [0.5, 0.6) is 11.5 Å². The Morgan fingerprint density at radius 1 is 1.18 bits per heavy atom. The fraction of sp³-hybridized carbons (Fsp3) is 0.630. The van der Waals surface area contributed by atoms with E-state index in [-0.39, 0.29) is 17.5 Å². The molecule has 2 fully saturated rings. The van der Waals surface area contributed by atoms with E-state index in [1.54, 1.807) is 7.11 Å². The van der Waals surface area contributed by atoms with Gasteiger partial charge >= 0.3 is 11.9 Å². The summed E-state index contributed by atoms with van der Waals surface area (Å²) < 4.78 is 24.0. The van der Waals surface area contributed by atoms with Crippen LogP contribution in [0.2, 0.25) is 0 Å². The molecule has 7 nitrogen and oxygen atoms in total. The third-order valence-electron chi connectivity index (χ3n) is 9.80. The summed E-state index contributed by atoms with van der Waals surface area (Å²) in [4.78, 5) is 28.5. The number of nitrogens with zero attached hydrogens (tertiary/aromatic N) is 1. The van der Waals surface area contributed by atoms with Crippen LogP contribution in [0.4, 0.5) is 0 Å². The van der Waals surface area contributed by atoms with E-state index in [1.165, 1.54) is 11.1 Å². The van der Waals surface area contributed by atoms with Crippen LogP contribution in [-0.2, 0) is 31.0 Å². The van der Waals surface area contributed by atoms with Gasteiger partial charge in [0.25, 0.3) is 0 Å². The third-order valence-corrected chi connectivity index (χ3v) is 9.80. The molecule has 3 aliphatic heterocycles. The molecule has 0 N–H and O–H groups in total. The molecule has 1 aromatic rings. The van der Waals surface area contributed by atoms with E-state index < -0.39 is 28.5 Å². The summed E-state index contributed by atoms with van der Waals surface area (Å²) >= 11 is 0. The Morgan fingerprint density at radius 3 is 2.65 bits per heavy atom. The Labute approximate surface area is 200 Å². The van der Waals surface area contributed by atoms with Gasteiger partial charge in [-0.15, -0.1) is 0 Å². The number of esters is 2. The molecule has 34 heavy (non-hydrogen) atoms. The van der Waals surface area contributed by atoms with E-state index in [1.807, 2.05) is 32.9 Å². The zero-order chi connectivity index (χ0) is 24.1. The fourth-order valence-corrected chi connectivity index (χ4v) is 7.09. The van der Waals surface area contributed by atoms with Crippen LogP contribution in [0.1, 0.15) is 57.6 Å². The highest BCUT2D eigenvalue weighted by molar-refractivity contribution is 5.93. The number of benzene rings is 1. The molecule has 0 aromatic heterocycles. The van der Waals surface area contributed by atoms with Gasteiger partial charge in [0, 0.05) is 23.9 Å². The topological polar surface area (TPSA) is 74.3 Å². The molecule has 182 valence electrons. The van der Waals surface area contributed by atoms with E-state index >= 15 is 0 Å². The van der Waals surface area contributed by atoms with Crippen LogP contribution in [0.15, 0.2) is 24.3 Å². The average Bonchev–Trinajstić information content (AvgIpc) is 3.24. The summed E-state index contributed by atoms with van der Waals surface area (Å²) in [7, 11) is 3.80. The summed E-state index contributed by atoms with van der Waals surface area (Å²) in [6.07, 6.45) is 6.21. The van der Waals surface area contributed by atoms with Crippen molar-refractivity contribution >= 4 is 11.9 Å². The average molecular weight is 468 g/mol. The molecule has 2 unspecified atom stereocenters. The number of carbonyl (C=O) groups excluding carboxylic acids is 2. The van der Waals surface area contributed by atoms with E-state index in [4.69, 9.17) is 18.9 Å². The molecule has 5 atom stereocenters. The molecule has 1 spiro atoms. The Hall–Kier alpha value is -2.54. The number of ether oxygens (including phenoxy) is 4. The molecule has 1 saturated heterocycles. The lowest BCUT2D eigenvalue weighted by Gasteiger charge is -2.39. The zero-order valence-corrected chi connectivity index (χ0v) is 20.6. The predicted octanol–water partition coefficient (Wildman–Crippen LogP) is 3.52. The molecule has 7 heteroatoms. The summed E-state index contributed by atoms with van der Waals surface area (Å²) in [5.41, 5.74) is -0.310. The van der Waals surface area contributed by atoms with E-state index in [0.717, 1.165) is 31.0 Å². The smallest absolute Gasteiger partial charge is 0.351 e. The molecular formula is C27H33NO6. The van der Waals surface area contributed by atoms with Crippen molar-refractivity contribution in [2.45, 2.75) is 76.2 Å². The maximum absolute atomic E-state index is 13.5. The van der Waals surface area contributed by atoms with Crippen LogP contribution in [0.25, 0.3) is 0 Å². The Balaban J connectivity index is 1.31. The van der Waals surface area contributed by atoms with E-state index in [0.29, 0.717) is 19.3 Å². The first-order chi connectivity index (χ1) is 16.1. The van der Waals surface area contributed by atoms with Gasteiger partial charge in [-0.2, -0.15) is 0 Å². The molecule has 0 radical (unpaired) electrons. The summed E-state index contributed by atoms with van der Waals surface area (Å²) in [6.45, 7) is 7.60. The maximum Gasteiger partial charge on any atom is 0.351 e. The fourth-order valence-electron chi connectivity index (χ4n) is 7.09. The molecular weight excluding hydrogens is 434 g/mol. The second-order valence-corrected chi connectivity index (χ2v) is 11.5. The second-order valence-electron chi connectivity index (χ2n) is 11.5. The summed E-state index contributed by atoms with van der Waals surface area (Å²) in [6, 6.07) is 4.12. The predicted molar refractivity (Wildman–Crippen MR) is 124 cm³/mol. The number of hydrogen-bond acceptors (Lipinski definition) is 7. The first-order valence-corrected chi connectivity index (χ1v) is 12.3. The second kappa shape index (κ2) is 6.78. The lowest BCUT2D eigenvalue weighted by molar-refractivity contribution is -0.186. The molecule has 3 heterocycles. The van der Waals surface area contributed by atoms with Gasteiger partial charge < -0.3 is 23.8 Å². The number of carbonyl (C=O) groups is 2. The van der Waals surface area contributed by atoms with Crippen molar-refractivity contribution < 1.29 is 28.5 Å². The quantitative estimate of drug-likeness (QED) is 0.497. The van der Waals surface area contributed by atoms with Gasteiger partial charge in [0.05, 0.1) is 17.9 Å². The van der Waals surface area contributed by atoms with Crippen LogP contribution < -0.4 is 9.47 Å². The minimum Gasteiger partial charge on any atom is -0.493 e. The summed E-state index contributed by atoms with van der Waals surface area (Å²) in [5.74, 6) is 0.818. The monoisotopic (exact) mass is 467 g/mol. The number of hydrogen-bond donors (Lipinski definition) is 0. The van der Waals surface area contributed by atoms with Crippen molar-refractivity contribution in [1.82, 2.24) is 4.90 Å². The van der Waals surface area contributed by atoms with Crippen molar-refractivity contribution in [3.8, 4) is 11.5 Å². The van der Waals surface area contributed by atoms with Gasteiger partial charge in [-0.05, 0) is 57.5 Å². The third kappa shape index (κ3) is 2.46. The Morgan fingerprint density at radius 2 is 1.97 bits per heavy atom. The Kier molecular flexibility index (Phi) is 4.38. The lowest BCUT2D eigenvalue weighted by Crippen LogP contribution is -2.51. The minimum absolute atomic E-state index is 0.155. The van der Waals surface area contributed by atoms with Crippen molar-refractivity contribution in [2.24, 2.45) is 10.8 Å². The minimum atomic E-state index is -1.22. The van der Waals surface area contributed by atoms with Gasteiger partial charge in [0.2, 0.25) is 5.60 Å². The SMILES string of the molecule is COc1ccc2c3c1O[C@@H]1C[C@@H](OC(=O)C45CCC(C)(C(=O)O4)C5(C)C)C=C[C@]31CCN(C)C2. The first-order valence-electron chi connectivity index (χ1n) is 12.3.